The van der Waals surface area contributed by atoms with Gasteiger partial charge in [-0.2, -0.15) is 4.98 Å². The fraction of sp³-hybridized carbons (Fsp3) is 0.524. The summed E-state index contributed by atoms with van der Waals surface area (Å²) in [6.45, 7) is -5.68. The fourth-order valence-electron chi connectivity index (χ4n) is 5.74. The standard InChI is InChI=1S/C21H25FN10O9P2S3/c22-8-7(1-33)46-19(32-6-28-10-16(32)29-20(24)30-17(10)34)11(8)41-43(36,45)38-3-21-2-37-12(13(21)40-42(35)44)18(39-21)31-5-27-9-14(23)25-4-26-15(9)31/h4-8,11-13,18-19,33,42H,1-3H2,(H,35,44)(H,36,45)(H2,23,25,26)(H3,24,29,30,34)/t7-,8+,11-,12-,13+,18-,19-,21-,43?/m1/s1. The van der Waals surface area contributed by atoms with Crippen molar-refractivity contribution in [2.45, 2.75) is 46.9 Å². The molecule has 0 radical (unpaired) electrons. The van der Waals surface area contributed by atoms with Crippen LogP contribution in [0, 0.1) is 0 Å². The highest BCUT2D eigenvalue weighted by Crippen LogP contribution is 2.61. The largest absolute Gasteiger partial charge is 0.395 e. The van der Waals surface area contributed by atoms with Crippen LogP contribution in [0.25, 0.3) is 22.3 Å². The Kier molecular flexibility index (Phi) is 8.41. The van der Waals surface area contributed by atoms with Crippen LogP contribution in [0.5, 0.6) is 0 Å². The molecule has 3 saturated heterocycles. The average Bonchev–Trinajstić information content (AvgIpc) is 3.81. The van der Waals surface area contributed by atoms with E-state index < -0.39 is 79.7 Å². The van der Waals surface area contributed by atoms with Gasteiger partial charge in [-0.3, -0.25) is 32.5 Å². The van der Waals surface area contributed by atoms with Gasteiger partial charge < -0.3 is 30.6 Å². The van der Waals surface area contributed by atoms with E-state index in [1.54, 1.807) is 0 Å². The van der Waals surface area contributed by atoms with Crippen molar-refractivity contribution < 1.29 is 41.7 Å². The molecular formula is C21H25FN10O9P2S3. The van der Waals surface area contributed by atoms with Gasteiger partial charge in [0.05, 0.1) is 37.7 Å². The lowest BCUT2D eigenvalue weighted by molar-refractivity contribution is -0.182. The number of H-pyrrole nitrogens is 1. The van der Waals surface area contributed by atoms with Crippen LogP contribution in [0.3, 0.4) is 0 Å². The maximum absolute atomic E-state index is 15.6. The molecule has 2 unspecified atom stereocenters. The second-order valence-corrected chi connectivity index (χ2v) is 16.6. The number of anilines is 2. The smallest absolute Gasteiger partial charge is 0.386 e. The van der Waals surface area contributed by atoms with Crippen LogP contribution in [-0.2, 0) is 32.2 Å². The molecule has 0 amide bonds. The highest BCUT2D eigenvalue weighted by Gasteiger charge is 2.64. The third kappa shape index (κ3) is 5.44. The van der Waals surface area contributed by atoms with Gasteiger partial charge in [0.25, 0.3) is 5.56 Å². The predicted octanol–water partition coefficient (Wildman–Crippen LogP) is 0.879. The zero-order valence-corrected chi connectivity index (χ0v) is 27.5. The molecule has 4 aromatic rings. The summed E-state index contributed by atoms with van der Waals surface area (Å²) in [6.07, 6.45) is -2.28. The van der Waals surface area contributed by atoms with Crippen LogP contribution < -0.4 is 17.0 Å². The van der Waals surface area contributed by atoms with Gasteiger partial charge in [-0.1, -0.05) is 24.5 Å². The number of aromatic amines is 1. The van der Waals surface area contributed by atoms with Crippen LogP contribution >= 0.6 is 50.3 Å². The van der Waals surface area contributed by atoms with E-state index in [4.69, 9.17) is 34.5 Å². The maximum Gasteiger partial charge on any atom is 0.386 e. The van der Waals surface area contributed by atoms with E-state index in [2.05, 4.69) is 54.4 Å². The molecule has 10 atom stereocenters. The van der Waals surface area contributed by atoms with E-state index in [9.17, 15) is 19.0 Å². The third-order valence-electron chi connectivity index (χ3n) is 7.76. The van der Waals surface area contributed by atoms with Gasteiger partial charge in [-0.15, -0.1) is 11.8 Å². The number of aromatic nitrogens is 8. The normalized spacial score (nSPS) is 32.8. The fourth-order valence-corrected chi connectivity index (χ4v) is 9.61. The Morgan fingerprint density at radius 1 is 1.24 bits per heavy atom. The quantitative estimate of drug-likeness (QED) is 0.0974. The molecule has 19 nitrogen and oxygen atoms in total. The topological polar surface area (TPSA) is 260 Å². The number of nitrogen functional groups attached to an aromatic ring is 2. The number of thiol groups is 2. The van der Waals surface area contributed by atoms with Gasteiger partial charge in [0.15, 0.2) is 28.9 Å². The molecule has 0 spiro atoms. The predicted molar refractivity (Wildman–Crippen MR) is 168 cm³/mol. The lowest BCUT2D eigenvalue weighted by Gasteiger charge is -2.32. The third-order valence-corrected chi connectivity index (χ3v) is 11.7. The zero-order valence-electron chi connectivity index (χ0n) is 23.0. The molecule has 6 N–H and O–H groups in total. The molecule has 2 bridgehead atoms. The lowest BCUT2D eigenvalue weighted by Crippen LogP contribution is -2.45. The number of aliphatic hydroxyl groups excluding tert-OH is 1. The van der Waals surface area contributed by atoms with Crippen LogP contribution in [-0.4, -0.2) is 99.3 Å². The molecule has 7 heterocycles. The van der Waals surface area contributed by atoms with Crippen LogP contribution in [0.1, 0.15) is 11.6 Å². The first-order valence-corrected chi connectivity index (χ1v) is 19.6. The molecule has 248 valence electrons. The molecule has 0 saturated carbocycles. The Morgan fingerprint density at radius 3 is 2.76 bits per heavy atom. The summed E-state index contributed by atoms with van der Waals surface area (Å²) in [5, 5.41) is 7.80. The Balaban J connectivity index is 1.14. The Morgan fingerprint density at radius 2 is 2.00 bits per heavy atom. The van der Waals surface area contributed by atoms with E-state index in [0.717, 1.165) is 11.8 Å². The van der Waals surface area contributed by atoms with E-state index in [-0.39, 0.29) is 29.5 Å². The van der Waals surface area contributed by atoms with Crippen LogP contribution in [0.4, 0.5) is 16.2 Å². The second-order valence-electron chi connectivity index (χ2n) is 10.5. The lowest BCUT2D eigenvalue weighted by atomic mass is 10.0. The molecule has 25 heteroatoms. The van der Waals surface area contributed by atoms with Crippen molar-refractivity contribution in [3.05, 3.63) is 29.3 Å². The molecule has 7 rings (SSSR count). The number of nitrogens with one attached hydrogen (secondary N) is 1. The average molecular weight is 739 g/mol. The monoisotopic (exact) mass is 738 g/mol. The van der Waals surface area contributed by atoms with E-state index in [1.165, 1.54) is 28.1 Å². The van der Waals surface area contributed by atoms with Crippen molar-refractivity contribution >= 4 is 84.4 Å². The first-order chi connectivity index (χ1) is 21.9. The van der Waals surface area contributed by atoms with Crippen molar-refractivity contribution in [1.29, 1.82) is 0 Å². The molecule has 4 aromatic heterocycles. The zero-order chi connectivity index (χ0) is 32.5. The Hall–Kier alpha value is -2.30. The number of aliphatic hydroxyl groups is 1. The van der Waals surface area contributed by atoms with Crippen molar-refractivity contribution in [2.75, 3.05) is 31.3 Å². The maximum atomic E-state index is 15.6. The molecular weight excluding hydrogens is 713 g/mol. The number of ether oxygens (including phenoxy) is 2. The summed E-state index contributed by atoms with van der Waals surface area (Å²) in [4.78, 5) is 35.2. The van der Waals surface area contributed by atoms with E-state index >= 15 is 4.39 Å². The number of rotatable bonds is 10. The Labute approximate surface area is 272 Å². The second kappa shape index (κ2) is 12.0. The van der Waals surface area contributed by atoms with Gasteiger partial charge in [0, 0.05) is 0 Å². The number of hydrogen-bond acceptors (Lipinski definition) is 17. The van der Waals surface area contributed by atoms with E-state index in [0.29, 0.717) is 11.2 Å². The Bertz CT molecular complexity index is 1950. The summed E-state index contributed by atoms with van der Waals surface area (Å²) in [6, 6.07) is 0. The molecule has 0 aliphatic carbocycles. The minimum Gasteiger partial charge on any atom is -0.395 e. The number of thioether (sulfide) groups is 1. The molecule has 3 aliphatic heterocycles. The summed E-state index contributed by atoms with van der Waals surface area (Å²) in [5.74, 6) is -0.0650. The molecule has 46 heavy (non-hydrogen) atoms. The number of hydrogen-bond donors (Lipinski definition) is 6. The SMILES string of the molecule is Nc1nc2c(ncn2[C@@H]2S[C@H](CO)[C@H](F)[C@H]2OP(=O)(S)OC[C@@]23CO[C@@H]([C@H](n4cnc5c(N)ncnc54)O2)[C@@H]3O[PH](=O)S)c(=O)[nH]1. The number of nitrogens with zero attached hydrogens (tertiary/aromatic N) is 7. The summed E-state index contributed by atoms with van der Waals surface area (Å²) in [7, 11) is -2.85. The van der Waals surface area contributed by atoms with Crippen molar-refractivity contribution in [2.24, 2.45) is 0 Å². The highest BCUT2D eigenvalue weighted by molar-refractivity contribution is 8.44. The number of fused-ring (bicyclic) bond motifs is 4. The van der Waals surface area contributed by atoms with Crippen molar-refractivity contribution in [1.82, 2.24) is 39.0 Å². The van der Waals surface area contributed by atoms with Gasteiger partial charge in [0.1, 0.15) is 47.3 Å². The summed E-state index contributed by atoms with van der Waals surface area (Å²) in [5.41, 5.74) is 10.1. The first-order valence-electron chi connectivity index (χ1n) is 13.3. The minimum atomic E-state index is -4.43. The first kappa shape index (κ1) is 32.3. The molecule has 3 aliphatic rings. The molecule has 0 aromatic carbocycles. The van der Waals surface area contributed by atoms with E-state index in [1.807, 2.05) is 0 Å². The highest BCUT2D eigenvalue weighted by atomic mass is 32.7. The number of nitrogens with two attached hydrogens (primary N) is 2. The number of alkyl halides is 1. The summed E-state index contributed by atoms with van der Waals surface area (Å²) >= 11 is 8.98. The van der Waals surface area contributed by atoms with Crippen LogP contribution in [0.15, 0.2) is 23.8 Å². The van der Waals surface area contributed by atoms with Gasteiger partial charge in [-0.25, -0.2) is 28.9 Å². The van der Waals surface area contributed by atoms with Gasteiger partial charge >= 0.3 is 6.80 Å². The van der Waals surface area contributed by atoms with Crippen molar-refractivity contribution in [3.63, 3.8) is 0 Å². The number of imidazole rings is 2. The van der Waals surface area contributed by atoms with Crippen LogP contribution in [0.2, 0.25) is 0 Å². The summed E-state index contributed by atoms with van der Waals surface area (Å²) < 4.78 is 73.6. The minimum absolute atomic E-state index is 0.0208. The van der Waals surface area contributed by atoms with Crippen molar-refractivity contribution in [3.8, 4) is 0 Å². The number of halogens is 1. The van der Waals surface area contributed by atoms with Gasteiger partial charge in [0.2, 0.25) is 13.2 Å². The molecule has 3 fully saturated rings. The van der Waals surface area contributed by atoms with Gasteiger partial charge in [-0.05, 0) is 0 Å².